The lowest BCUT2D eigenvalue weighted by Gasteiger charge is -2.01. The maximum Gasteiger partial charge on any atom is 0.395 e. The number of furan rings is 1. The van der Waals surface area contributed by atoms with Gasteiger partial charge in [0.25, 0.3) is 0 Å². The molecule has 6 heteroatoms. The molecule has 0 fully saturated rings. The molecule has 2 aromatic heterocycles. The summed E-state index contributed by atoms with van der Waals surface area (Å²) in [7, 11) is 0. The van der Waals surface area contributed by atoms with Gasteiger partial charge in [-0.3, -0.25) is 0 Å². The molecular formula is C10H8F3NOS. The Morgan fingerprint density at radius 2 is 2.12 bits per heavy atom. The topological polar surface area (TPSA) is 26.0 Å². The van der Waals surface area contributed by atoms with Gasteiger partial charge >= 0.3 is 6.18 Å². The number of hydrogen-bond donors (Lipinski definition) is 0. The van der Waals surface area contributed by atoms with Crippen molar-refractivity contribution in [2.75, 3.05) is 0 Å². The van der Waals surface area contributed by atoms with Gasteiger partial charge in [-0.2, -0.15) is 13.2 Å². The van der Waals surface area contributed by atoms with Gasteiger partial charge in [-0.05, 0) is 19.1 Å². The highest BCUT2D eigenvalue weighted by molar-refractivity contribution is 7.09. The predicted octanol–water partition coefficient (Wildman–Crippen LogP) is 3.82. The first-order valence-electron chi connectivity index (χ1n) is 4.52. The number of thiazole rings is 1. The summed E-state index contributed by atoms with van der Waals surface area (Å²) in [5.41, 5.74) is 0.456. The molecule has 0 unspecified atom stereocenters. The average molecular weight is 247 g/mol. The van der Waals surface area contributed by atoms with Crippen LogP contribution in [0.2, 0.25) is 0 Å². The quantitative estimate of drug-likeness (QED) is 0.806. The van der Waals surface area contributed by atoms with Crippen molar-refractivity contribution in [2.24, 2.45) is 0 Å². The number of rotatable bonds is 2. The number of alkyl halides is 3. The minimum absolute atomic E-state index is 0.0524. The first kappa shape index (κ1) is 11.2. The monoisotopic (exact) mass is 247 g/mol. The van der Waals surface area contributed by atoms with E-state index in [0.717, 1.165) is 11.3 Å². The van der Waals surface area contributed by atoms with E-state index in [4.69, 9.17) is 4.42 Å². The second-order valence-electron chi connectivity index (χ2n) is 3.33. The highest BCUT2D eigenvalue weighted by Gasteiger charge is 2.29. The van der Waals surface area contributed by atoms with Crippen LogP contribution in [0.5, 0.6) is 0 Å². The molecule has 0 saturated heterocycles. The molecule has 2 rings (SSSR count). The second-order valence-corrected chi connectivity index (χ2v) is 4.27. The Bertz CT molecular complexity index is 486. The van der Waals surface area contributed by atoms with Gasteiger partial charge in [0, 0.05) is 5.38 Å². The van der Waals surface area contributed by atoms with Crippen LogP contribution >= 0.6 is 11.3 Å². The molecule has 16 heavy (non-hydrogen) atoms. The summed E-state index contributed by atoms with van der Waals surface area (Å²) in [5.74, 6) is 1.21. The van der Waals surface area contributed by atoms with E-state index in [-0.39, 0.29) is 5.01 Å². The Morgan fingerprint density at radius 1 is 1.38 bits per heavy atom. The fourth-order valence-electron chi connectivity index (χ4n) is 1.25. The maximum absolute atomic E-state index is 12.1. The number of hydrogen-bond acceptors (Lipinski definition) is 3. The van der Waals surface area contributed by atoms with Crippen molar-refractivity contribution in [3.05, 3.63) is 28.3 Å². The number of halogens is 3. The third-order valence-electron chi connectivity index (χ3n) is 1.90. The van der Waals surface area contributed by atoms with Crippen LogP contribution < -0.4 is 0 Å². The lowest BCUT2D eigenvalue weighted by Crippen LogP contribution is -2.11. The van der Waals surface area contributed by atoms with Crippen molar-refractivity contribution in [2.45, 2.75) is 19.5 Å². The first-order valence-corrected chi connectivity index (χ1v) is 5.40. The van der Waals surface area contributed by atoms with Gasteiger partial charge in [-0.25, -0.2) is 4.98 Å². The highest BCUT2D eigenvalue weighted by Crippen LogP contribution is 2.28. The van der Waals surface area contributed by atoms with Crippen molar-refractivity contribution in [1.82, 2.24) is 4.98 Å². The SMILES string of the molecule is Cc1ccc(-c2csc(CC(F)(F)F)n2)o1. The molecule has 0 amide bonds. The van der Waals surface area contributed by atoms with Gasteiger partial charge in [0.1, 0.15) is 16.5 Å². The maximum atomic E-state index is 12.1. The Hall–Kier alpha value is -1.30. The van der Waals surface area contributed by atoms with E-state index in [0.29, 0.717) is 17.2 Å². The summed E-state index contributed by atoms with van der Waals surface area (Å²) in [6.45, 7) is 1.77. The zero-order valence-corrected chi connectivity index (χ0v) is 9.15. The van der Waals surface area contributed by atoms with Crippen molar-refractivity contribution in [1.29, 1.82) is 0 Å². The van der Waals surface area contributed by atoms with E-state index in [1.807, 2.05) is 0 Å². The summed E-state index contributed by atoms with van der Waals surface area (Å²) in [6, 6.07) is 3.44. The van der Waals surface area contributed by atoms with Gasteiger partial charge in [0.2, 0.25) is 0 Å². The molecule has 2 aromatic rings. The van der Waals surface area contributed by atoms with Gasteiger partial charge in [0.05, 0.1) is 6.42 Å². The molecular weight excluding hydrogens is 239 g/mol. The van der Waals surface area contributed by atoms with Gasteiger partial charge < -0.3 is 4.42 Å². The van der Waals surface area contributed by atoms with Gasteiger partial charge in [-0.15, -0.1) is 11.3 Å². The van der Waals surface area contributed by atoms with E-state index >= 15 is 0 Å². The first-order chi connectivity index (χ1) is 7.44. The van der Waals surface area contributed by atoms with Crippen LogP contribution in [0, 0.1) is 6.92 Å². The summed E-state index contributed by atoms with van der Waals surface area (Å²) >= 11 is 0.989. The molecule has 86 valence electrons. The lowest BCUT2D eigenvalue weighted by molar-refractivity contribution is -0.127. The average Bonchev–Trinajstić information content (AvgIpc) is 2.71. The summed E-state index contributed by atoms with van der Waals surface area (Å²) in [4.78, 5) is 3.88. The van der Waals surface area contributed by atoms with Crippen LogP contribution in [-0.4, -0.2) is 11.2 Å². The minimum atomic E-state index is -4.21. The van der Waals surface area contributed by atoms with Crippen LogP contribution in [0.15, 0.2) is 21.9 Å². The predicted molar refractivity (Wildman–Crippen MR) is 54.3 cm³/mol. The highest BCUT2D eigenvalue weighted by atomic mass is 32.1. The molecule has 0 saturated carbocycles. The molecule has 0 aromatic carbocycles. The number of aryl methyl sites for hydroxylation is 1. The molecule has 0 aliphatic carbocycles. The van der Waals surface area contributed by atoms with Crippen LogP contribution in [0.3, 0.4) is 0 Å². The van der Waals surface area contributed by atoms with Crippen LogP contribution in [0.4, 0.5) is 13.2 Å². The van der Waals surface area contributed by atoms with Gasteiger partial charge in [0.15, 0.2) is 5.76 Å². The van der Waals surface area contributed by atoms with Crippen LogP contribution in [0.25, 0.3) is 11.5 Å². The van der Waals surface area contributed by atoms with E-state index in [1.165, 1.54) is 0 Å². The largest absolute Gasteiger partial charge is 0.460 e. The fraction of sp³-hybridized carbons (Fsp3) is 0.300. The van der Waals surface area contributed by atoms with Crippen molar-refractivity contribution in [3.8, 4) is 11.5 Å². The third-order valence-corrected chi connectivity index (χ3v) is 2.75. The third kappa shape index (κ3) is 2.63. The number of aromatic nitrogens is 1. The van der Waals surface area contributed by atoms with Crippen LogP contribution in [-0.2, 0) is 6.42 Å². The Labute approximate surface area is 93.7 Å². The van der Waals surface area contributed by atoms with Crippen LogP contribution in [0.1, 0.15) is 10.8 Å². The van der Waals surface area contributed by atoms with E-state index in [9.17, 15) is 13.2 Å². The molecule has 0 aliphatic heterocycles. The molecule has 0 radical (unpaired) electrons. The van der Waals surface area contributed by atoms with Crippen molar-refractivity contribution < 1.29 is 17.6 Å². The number of nitrogens with zero attached hydrogens (tertiary/aromatic N) is 1. The zero-order valence-electron chi connectivity index (χ0n) is 8.34. The lowest BCUT2D eigenvalue weighted by atomic mass is 10.3. The zero-order chi connectivity index (χ0) is 11.8. The normalized spacial score (nSPS) is 12.0. The molecule has 2 nitrogen and oxygen atoms in total. The summed E-state index contributed by atoms with van der Waals surface area (Å²) in [5, 5.41) is 1.62. The summed E-state index contributed by atoms with van der Waals surface area (Å²) < 4.78 is 41.6. The molecule has 0 N–H and O–H groups in total. The van der Waals surface area contributed by atoms with E-state index in [1.54, 1.807) is 24.4 Å². The summed E-state index contributed by atoms with van der Waals surface area (Å²) in [6.07, 6.45) is -5.20. The standard InChI is InChI=1S/C10H8F3NOS/c1-6-2-3-8(15-6)7-5-16-9(14-7)4-10(11,12)13/h2-3,5H,4H2,1H3. The smallest absolute Gasteiger partial charge is 0.395 e. The minimum Gasteiger partial charge on any atom is -0.460 e. The van der Waals surface area contributed by atoms with Gasteiger partial charge in [-0.1, -0.05) is 0 Å². The molecule has 2 heterocycles. The Kier molecular flexibility index (Phi) is 2.75. The second kappa shape index (κ2) is 3.93. The van der Waals surface area contributed by atoms with Crippen molar-refractivity contribution in [3.63, 3.8) is 0 Å². The van der Waals surface area contributed by atoms with E-state index < -0.39 is 12.6 Å². The molecule has 0 bridgehead atoms. The Balaban J connectivity index is 2.20. The van der Waals surface area contributed by atoms with E-state index in [2.05, 4.69) is 4.98 Å². The molecule has 0 atom stereocenters. The Morgan fingerprint density at radius 3 is 2.69 bits per heavy atom. The fourth-order valence-corrected chi connectivity index (χ4v) is 2.06. The molecule has 0 aliphatic rings. The van der Waals surface area contributed by atoms with Crippen molar-refractivity contribution >= 4 is 11.3 Å². The molecule has 0 spiro atoms.